The Morgan fingerprint density at radius 3 is 3.00 bits per heavy atom. The van der Waals surface area contributed by atoms with E-state index in [9.17, 15) is 0 Å². The third kappa shape index (κ3) is 1.40. The molecule has 0 aliphatic carbocycles. The van der Waals surface area contributed by atoms with Crippen molar-refractivity contribution in [1.29, 1.82) is 0 Å². The molecule has 2 aromatic rings. The van der Waals surface area contributed by atoms with E-state index in [0.29, 0.717) is 10.3 Å². The molecule has 3 nitrogen and oxygen atoms in total. The summed E-state index contributed by atoms with van der Waals surface area (Å²) in [6, 6.07) is 1.97. The van der Waals surface area contributed by atoms with Gasteiger partial charge in [0, 0.05) is 6.20 Å². The third-order valence-corrected chi connectivity index (χ3v) is 2.64. The summed E-state index contributed by atoms with van der Waals surface area (Å²) in [6.45, 7) is 1.99. The Bertz CT molecular complexity index is 452. The molecule has 0 aliphatic rings. The van der Waals surface area contributed by atoms with E-state index in [2.05, 4.69) is 10.1 Å². The number of aryl methyl sites for hydroxylation is 1. The molecule has 0 saturated carbocycles. The van der Waals surface area contributed by atoms with Gasteiger partial charge in [-0.3, -0.25) is 0 Å². The summed E-state index contributed by atoms with van der Waals surface area (Å²) in [6.07, 6.45) is 3.81. The Morgan fingerprint density at radius 1 is 1.54 bits per heavy atom. The minimum Gasteiger partial charge on any atom is -0.235 e. The van der Waals surface area contributed by atoms with Crippen LogP contribution in [0.15, 0.2) is 17.4 Å². The highest BCUT2D eigenvalue weighted by Crippen LogP contribution is 2.21. The first-order valence-corrected chi connectivity index (χ1v) is 5.38. The average Bonchev–Trinajstić information content (AvgIpc) is 2.48. The van der Waals surface area contributed by atoms with Crippen molar-refractivity contribution in [2.24, 2.45) is 0 Å². The summed E-state index contributed by atoms with van der Waals surface area (Å²) in [7, 11) is 0. The maximum atomic E-state index is 6.00. The highest BCUT2D eigenvalue weighted by Gasteiger charge is 2.07. The summed E-state index contributed by atoms with van der Waals surface area (Å²) in [4.78, 5) is 4.15. The summed E-state index contributed by atoms with van der Waals surface area (Å²) in [5, 5.41) is 5.46. The van der Waals surface area contributed by atoms with Crippen molar-refractivity contribution >= 4 is 28.9 Å². The summed E-state index contributed by atoms with van der Waals surface area (Å²) < 4.78 is 1.76. The lowest BCUT2D eigenvalue weighted by molar-refractivity contribution is 0.798. The molecule has 2 aromatic heterocycles. The number of nitrogens with zero attached hydrogens (tertiary/aromatic N) is 3. The Morgan fingerprint density at radius 2 is 2.31 bits per heavy atom. The molecule has 0 radical (unpaired) electrons. The van der Waals surface area contributed by atoms with Gasteiger partial charge in [-0.05, 0) is 24.8 Å². The number of rotatable bonds is 1. The highest BCUT2D eigenvalue weighted by atomic mass is 35.5. The molecule has 0 atom stereocenters. The number of thioether (sulfide) groups is 1. The van der Waals surface area contributed by atoms with Crippen LogP contribution in [0.5, 0.6) is 0 Å². The quantitative estimate of drug-likeness (QED) is 0.682. The van der Waals surface area contributed by atoms with Crippen LogP contribution < -0.4 is 0 Å². The van der Waals surface area contributed by atoms with E-state index in [1.165, 1.54) is 11.8 Å². The number of fused-ring (bicyclic) bond motifs is 1. The topological polar surface area (TPSA) is 30.2 Å². The summed E-state index contributed by atoms with van der Waals surface area (Å²) in [5.41, 5.74) is 1.98. The van der Waals surface area contributed by atoms with Crippen LogP contribution in [0, 0.1) is 6.92 Å². The van der Waals surface area contributed by atoms with E-state index in [4.69, 9.17) is 11.6 Å². The molecule has 0 aromatic carbocycles. The zero-order valence-electron chi connectivity index (χ0n) is 7.28. The molecular formula is C8H8ClN3S. The lowest BCUT2D eigenvalue weighted by atomic mass is 10.3. The zero-order chi connectivity index (χ0) is 9.42. The fourth-order valence-electron chi connectivity index (χ4n) is 1.20. The SMILES string of the molecule is CSc1nc(Cl)c2c(C)ccn2n1. The zero-order valence-corrected chi connectivity index (χ0v) is 8.85. The Kier molecular flexibility index (Phi) is 2.17. The Hall–Kier alpha value is -0.740. The van der Waals surface area contributed by atoms with Gasteiger partial charge in [-0.2, -0.15) is 0 Å². The maximum absolute atomic E-state index is 6.00. The van der Waals surface area contributed by atoms with Gasteiger partial charge >= 0.3 is 0 Å². The molecule has 0 fully saturated rings. The van der Waals surface area contributed by atoms with Gasteiger partial charge in [0.05, 0.1) is 0 Å². The molecule has 5 heteroatoms. The molecule has 0 unspecified atom stereocenters. The van der Waals surface area contributed by atoms with Crippen LogP contribution in [0.25, 0.3) is 5.52 Å². The molecule has 2 rings (SSSR count). The van der Waals surface area contributed by atoms with Crippen molar-refractivity contribution in [3.8, 4) is 0 Å². The van der Waals surface area contributed by atoms with E-state index < -0.39 is 0 Å². The molecule has 0 N–H and O–H groups in total. The minimum atomic E-state index is 0.516. The molecule has 0 amide bonds. The van der Waals surface area contributed by atoms with Crippen LogP contribution in [0.4, 0.5) is 0 Å². The average molecular weight is 214 g/mol. The number of aromatic nitrogens is 3. The summed E-state index contributed by atoms with van der Waals surface area (Å²) >= 11 is 7.48. The first-order valence-electron chi connectivity index (χ1n) is 3.78. The smallest absolute Gasteiger partial charge is 0.208 e. The van der Waals surface area contributed by atoms with Gasteiger partial charge in [-0.1, -0.05) is 23.4 Å². The van der Waals surface area contributed by atoms with E-state index in [-0.39, 0.29) is 0 Å². The van der Waals surface area contributed by atoms with Gasteiger partial charge < -0.3 is 0 Å². The number of hydrogen-bond acceptors (Lipinski definition) is 3. The van der Waals surface area contributed by atoms with E-state index in [1.807, 2.05) is 25.4 Å². The van der Waals surface area contributed by atoms with E-state index in [0.717, 1.165) is 11.1 Å². The molecule has 13 heavy (non-hydrogen) atoms. The monoisotopic (exact) mass is 213 g/mol. The first kappa shape index (κ1) is 8.84. The number of hydrogen-bond donors (Lipinski definition) is 0. The summed E-state index contributed by atoms with van der Waals surface area (Å²) in [5.74, 6) is 0. The van der Waals surface area contributed by atoms with Crippen LogP contribution in [0.1, 0.15) is 5.56 Å². The van der Waals surface area contributed by atoms with Crippen LogP contribution in [-0.4, -0.2) is 20.9 Å². The lowest BCUT2D eigenvalue weighted by Gasteiger charge is -2.00. The number of halogens is 1. The van der Waals surface area contributed by atoms with Crippen molar-refractivity contribution in [1.82, 2.24) is 14.6 Å². The third-order valence-electron chi connectivity index (χ3n) is 1.83. The second-order valence-corrected chi connectivity index (χ2v) is 3.81. The Balaban J connectivity index is 2.79. The predicted molar refractivity (Wildman–Crippen MR) is 54.5 cm³/mol. The molecule has 0 bridgehead atoms. The molecule has 68 valence electrons. The largest absolute Gasteiger partial charge is 0.235 e. The van der Waals surface area contributed by atoms with Crippen molar-refractivity contribution in [2.75, 3.05) is 6.26 Å². The van der Waals surface area contributed by atoms with Crippen LogP contribution in [-0.2, 0) is 0 Å². The lowest BCUT2D eigenvalue weighted by Crippen LogP contribution is -1.96. The van der Waals surface area contributed by atoms with Crippen molar-refractivity contribution < 1.29 is 0 Å². The molecule has 0 spiro atoms. The fraction of sp³-hybridized carbons (Fsp3) is 0.250. The molecule has 0 aliphatic heterocycles. The molecule has 0 saturated heterocycles. The van der Waals surface area contributed by atoms with Gasteiger partial charge in [0.2, 0.25) is 5.16 Å². The van der Waals surface area contributed by atoms with Gasteiger partial charge in [0.1, 0.15) is 5.52 Å². The normalized spacial score (nSPS) is 11.0. The van der Waals surface area contributed by atoms with Crippen LogP contribution >= 0.6 is 23.4 Å². The van der Waals surface area contributed by atoms with Crippen LogP contribution in [0.2, 0.25) is 5.15 Å². The second-order valence-electron chi connectivity index (χ2n) is 2.68. The van der Waals surface area contributed by atoms with E-state index >= 15 is 0 Å². The Labute approximate surface area is 85.1 Å². The van der Waals surface area contributed by atoms with Crippen molar-refractivity contribution in [3.05, 3.63) is 23.0 Å². The fourth-order valence-corrected chi connectivity index (χ4v) is 1.91. The van der Waals surface area contributed by atoms with Crippen molar-refractivity contribution in [2.45, 2.75) is 12.1 Å². The van der Waals surface area contributed by atoms with E-state index in [1.54, 1.807) is 4.52 Å². The highest BCUT2D eigenvalue weighted by molar-refractivity contribution is 7.98. The van der Waals surface area contributed by atoms with Gasteiger partial charge in [-0.25, -0.2) is 9.50 Å². The minimum absolute atomic E-state index is 0.516. The van der Waals surface area contributed by atoms with Crippen LogP contribution in [0.3, 0.4) is 0 Å². The standard InChI is InChI=1S/C8H8ClN3S/c1-5-3-4-12-6(5)7(9)10-8(11-12)13-2/h3-4H,1-2H3. The maximum Gasteiger partial charge on any atom is 0.208 e. The second kappa shape index (κ2) is 3.20. The molecule has 2 heterocycles. The van der Waals surface area contributed by atoms with Gasteiger partial charge in [0.15, 0.2) is 5.15 Å². The predicted octanol–water partition coefficient (Wildman–Crippen LogP) is 2.41. The van der Waals surface area contributed by atoms with Gasteiger partial charge in [0.25, 0.3) is 0 Å². The molecular weight excluding hydrogens is 206 g/mol. The van der Waals surface area contributed by atoms with Gasteiger partial charge in [-0.15, -0.1) is 5.10 Å². The van der Waals surface area contributed by atoms with Crippen molar-refractivity contribution in [3.63, 3.8) is 0 Å². The first-order chi connectivity index (χ1) is 6.22.